The molecule has 1 aromatic rings. The Hall–Kier alpha value is -0.890. The summed E-state index contributed by atoms with van der Waals surface area (Å²) in [5, 5.41) is 3.51. The van der Waals surface area contributed by atoms with E-state index in [1.807, 2.05) is 12.4 Å². The van der Waals surface area contributed by atoms with E-state index >= 15 is 0 Å². The van der Waals surface area contributed by atoms with E-state index in [1.54, 1.807) is 0 Å². The quantitative estimate of drug-likeness (QED) is 0.771. The van der Waals surface area contributed by atoms with Crippen LogP contribution in [0.1, 0.15) is 44.7 Å². The SMILES string of the molecule is Cc1ccncc1CCCCNC(C)(C)C. The molecule has 2 nitrogen and oxygen atoms in total. The Labute approximate surface area is 99.5 Å². The zero-order chi connectivity index (χ0) is 12.0. The molecule has 0 unspecified atom stereocenters. The third kappa shape index (κ3) is 5.26. The fraction of sp³-hybridized carbons (Fsp3) is 0.643. The highest BCUT2D eigenvalue weighted by Crippen LogP contribution is 2.09. The molecule has 0 aliphatic rings. The van der Waals surface area contributed by atoms with Crippen molar-refractivity contribution in [1.29, 1.82) is 0 Å². The minimum atomic E-state index is 0.240. The van der Waals surface area contributed by atoms with Gasteiger partial charge >= 0.3 is 0 Å². The Balaban J connectivity index is 2.19. The van der Waals surface area contributed by atoms with Crippen LogP contribution in [0.3, 0.4) is 0 Å². The van der Waals surface area contributed by atoms with Crippen molar-refractivity contribution in [2.45, 2.75) is 52.5 Å². The minimum absolute atomic E-state index is 0.240. The van der Waals surface area contributed by atoms with E-state index in [-0.39, 0.29) is 5.54 Å². The number of aromatic nitrogens is 1. The van der Waals surface area contributed by atoms with Crippen molar-refractivity contribution in [1.82, 2.24) is 10.3 Å². The standard InChI is InChI=1S/C14H24N2/c1-12-8-10-15-11-13(12)7-5-6-9-16-14(2,3)4/h8,10-11,16H,5-7,9H2,1-4H3. The molecule has 0 saturated carbocycles. The van der Waals surface area contributed by atoms with Gasteiger partial charge in [-0.2, -0.15) is 0 Å². The van der Waals surface area contributed by atoms with Crippen LogP contribution in [-0.4, -0.2) is 17.1 Å². The third-order valence-electron chi connectivity index (χ3n) is 2.68. The molecule has 0 amide bonds. The molecule has 1 heterocycles. The average Bonchev–Trinajstić information content (AvgIpc) is 2.18. The molecule has 0 bridgehead atoms. The normalized spacial score (nSPS) is 11.8. The van der Waals surface area contributed by atoms with Gasteiger partial charge in [-0.15, -0.1) is 0 Å². The van der Waals surface area contributed by atoms with Gasteiger partial charge in [0.15, 0.2) is 0 Å². The summed E-state index contributed by atoms with van der Waals surface area (Å²) in [4.78, 5) is 4.17. The van der Waals surface area contributed by atoms with Gasteiger partial charge in [0.05, 0.1) is 0 Å². The lowest BCUT2D eigenvalue weighted by Gasteiger charge is -2.20. The molecule has 0 aromatic carbocycles. The molecule has 1 rings (SSSR count). The van der Waals surface area contributed by atoms with Crippen molar-refractivity contribution in [3.63, 3.8) is 0 Å². The van der Waals surface area contributed by atoms with Gasteiger partial charge in [-0.1, -0.05) is 0 Å². The van der Waals surface area contributed by atoms with Gasteiger partial charge in [0, 0.05) is 17.9 Å². The lowest BCUT2D eigenvalue weighted by molar-refractivity contribution is 0.419. The number of nitrogens with one attached hydrogen (secondary N) is 1. The Kier molecular flexibility index (Phi) is 4.94. The highest BCUT2D eigenvalue weighted by molar-refractivity contribution is 5.21. The van der Waals surface area contributed by atoms with E-state index in [0.717, 1.165) is 13.0 Å². The summed E-state index contributed by atoms with van der Waals surface area (Å²) in [6, 6.07) is 2.09. The van der Waals surface area contributed by atoms with Crippen molar-refractivity contribution >= 4 is 0 Å². The number of rotatable bonds is 5. The van der Waals surface area contributed by atoms with Crippen molar-refractivity contribution in [3.8, 4) is 0 Å². The summed E-state index contributed by atoms with van der Waals surface area (Å²) in [7, 11) is 0. The summed E-state index contributed by atoms with van der Waals surface area (Å²) in [6.45, 7) is 9.88. The highest BCUT2D eigenvalue weighted by atomic mass is 14.9. The summed E-state index contributed by atoms with van der Waals surface area (Å²) in [6.07, 6.45) is 7.46. The minimum Gasteiger partial charge on any atom is -0.312 e. The van der Waals surface area contributed by atoms with Crippen LogP contribution in [-0.2, 0) is 6.42 Å². The van der Waals surface area contributed by atoms with Crippen molar-refractivity contribution in [2.75, 3.05) is 6.54 Å². The monoisotopic (exact) mass is 220 g/mol. The number of nitrogens with zero attached hydrogens (tertiary/aromatic N) is 1. The Morgan fingerprint density at radius 3 is 2.62 bits per heavy atom. The van der Waals surface area contributed by atoms with Crippen LogP contribution in [0.4, 0.5) is 0 Å². The van der Waals surface area contributed by atoms with Crippen LogP contribution >= 0.6 is 0 Å². The number of pyridine rings is 1. The predicted molar refractivity (Wildman–Crippen MR) is 69.7 cm³/mol. The third-order valence-corrected chi connectivity index (χ3v) is 2.68. The molecular formula is C14H24N2. The number of unbranched alkanes of at least 4 members (excludes halogenated alkanes) is 1. The van der Waals surface area contributed by atoms with E-state index in [4.69, 9.17) is 0 Å². The smallest absolute Gasteiger partial charge is 0.0302 e. The van der Waals surface area contributed by atoms with E-state index in [0.29, 0.717) is 0 Å². The van der Waals surface area contributed by atoms with E-state index in [2.05, 4.69) is 44.1 Å². The molecule has 0 atom stereocenters. The van der Waals surface area contributed by atoms with Crippen LogP contribution in [0.2, 0.25) is 0 Å². The molecule has 0 radical (unpaired) electrons. The molecular weight excluding hydrogens is 196 g/mol. The van der Waals surface area contributed by atoms with Crippen LogP contribution in [0, 0.1) is 6.92 Å². The molecule has 0 spiro atoms. The molecule has 1 aromatic heterocycles. The maximum absolute atomic E-state index is 4.17. The first-order valence-electron chi connectivity index (χ1n) is 6.13. The van der Waals surface area contributed by atoms with Crippen molar-refractivity contribution in [2.24, 2.45) is 0 Å². The predicted octanol–water partition coefficient (Wildman–Crippen LogP) is 3.10. The molecule has 16 heavy (non-hydrogen) atoms. The van der Waals surface area contributed by atoms with Crippen LogP contribution in [0.15, 0.2) is 18.5 Å². The van der Waals surface area contributed by atoms with Gasteiger partial charge in [-0.3, -0.25) is 4.98 Å². The van der Waals surface area contributed by atoms with E-state index in [9.17, 15) is 0 Å². The largest absolute Gasteiger partial charge is 0.312 e. The lowest BCUT2D eigenvalue weighted by atomic mass is 10.0. The molecule has 90 valence electrons. The number of hydrogen-bond donors (Lipinski definition) is 1. The number of hydrogen-bond acceptors (Lipinski definition) is 2. The molecule has 0 aliphatic heterocycles. The summed E-state index contributed by atoms with van der Waals surface area (Å²) in [5.41, 5.74) is 2.99. The fourth-order valence-corrected chi connectivity index (χ4v) is 1.66. The summed E-state index contributed by atoms with van der Waals surface area (Å²) < 4.78 is 0. The van der Waals surface area contributed by atoms with Gasteiger partial charge in [0.25, 0.3) is 0 Å². The fourth-order valence-electron chi connectivity index (χ4n) is 1.66. The maximum atomic E-state index is 4.17. The average molecular weight is 220 g/mol. The second-order valence-electron chi connectivity index (χ2n) is 5.44. The van der Waals surface area contributed by atoms with Crippen molar-refractivity contribution in [3.05, 3.63) is 29.6 Å². The molecule has 0 aliphatic carbocycles. The highest BCUT2D eigenvalue weighted by Gasteiger charge is 2.07. The van der Waals surface area contributed by atoms with Crippen LogP contribution in [0.25, 0.3) is 0 Å². The zero-order valence-electron chi connectivity index (χ0n) is 11.0. The maximum Gasteiger partial charge on any atom is 0.0302 e. The summed E-state index contributed by atoms with van der Waals surface area (Å²) >= 11 is 0. The van der Waals surface area contributed by atoms with Crippen molar-refractivity contribution < 1.29 is 0 Å². The first kappa shape index (κ1) is 13.2. The molecule has 0 saturated heterocycles. The van der Waals surface area contributed by atoms with Gasteiger partial charge in [0.2, 0.25) is 0 Å². The number of aryl methyl sites for hydroxylation is 2. The topological polar surface area (TPSA) is 24.9 Å². The second kappa shape index (κ2) is 6.00. The first-order valence-corrected chi connectivity index (χ1v) is 6.13. The van der Waals surface area contributed by atoms with Crippen LogP contribution in [0.5, 0.6) is 0 Å². The summed E-state index contributed by atoms with van der Waals surface area (Å²) in [5.74, 6) is 0. The Bertz CT molecular complexity index is 313. The Morgan fingerprint density at radius 1 is 1.25 bits per heavy atom. The van der Waals surface area contributed by atoms with Gasteiger partial charge in [-0.05, 0) is 70.7 Å². The zero-order valence-corrected chi connectivity index (χ0v) is 11.0. The van der Waals surface area contributed by atoms with E-state index < -0.39 is 0 Å². The lowest BCUT2D eigenvalue weighted by Crippen LogP contribution is -2.36. The van der Waals surface area contributed by atoms with Gasteiger partial charge in [0.1, 0.15) is 0 Å². The molecule has 0 fully saturated rings. The molecule has 2 heteroatoms. The first-order chi connectivity index (χ1) is 7.49. The molecule has 1 N–H and O–H groups in total. The van der Waals surface area contributed by atoms with Gasteiger partial charge < -0.3 is 5.32 Å². The van der Waals surface area contributed by atoms with Gasteiger partial charge in [-0.25, -0.2) is 0 Å². The van der Waals surface area contributed by atoms with E-state index in [1.165, 1.54) is 24.0 Å². The van der Waals surface area contributed by atoms with Crippen LogP contribution < -0.4 is 5.32 Å². The second-order valence-corrected chi connectivity index (χ2v) is 5.44. The Morgan fingerprint density at radius 2 is 2.00 bits per heavy atom.